The first kappa shape index (κ1) is 13.2. The molecule has 1 aliphatic rings. The highest BCUT2D eigenvalue weighted by atomic mass is 19.4. The summed E-state index contributed by atoms with van der Waals surface area (Å²) in [7, 11) is 0. The summed E-state index contributed by atoms with van der Waals surface area (Å²) in [6, 6.07) is 4.04. The Kier molecular flexibility index (Phi) is 3.52. The highest BCUT2D eigenvalue weighted by Crippen LogP contribution is 2.34. The van der Waals surface area contributed by atoms with E-state index in [0.29, 0.717) is 12.1 Å². The molecular formula is C13H16F3NO. The lowest BCUT2D eigenvalue weighted by molar-refractivity contribution is -0.138. The summed E-state index contributed by atoms with van der Waals surface area (Å²) < 4.78 is 38.2. The van der Waals surface area contributed by atoms with Crippen LogP contribution in [0.3, 0.4) is 0 Å². The van der Waals surface area contributed by atoms with Gasteiger partial charge in [0, 0.05) is 5.69 Å². The number of hydrogen-bond acceptors (Lipinski definition) is 2. The molecule has 0 saturated heterocycles. The maximum atomic E-state index is 12.7. The van der Waals surface area contributed by atoms with Gasteiger partial charge in [-0.25, -0.2) is 0 Å². The second kappa shape index (κ2) is 4.80. The van der Waals surface area contributed by atoms with Crippen LogP contribution in [0.15, 0.2) is 18.2 Å². The molecule has 2 atom stereocenters. The number of anilines is 1. The molecule has 1 aromatic rings. The van der Waals surface area contributed by atoms with E-state index < -0.39 is 17.8 Å². The normalized spacial score (nSPS) is 24.3. The number of halogens is 3. The van der Waals surface area contributed by atoms with Crippen molar-refractivity contribution in [2.75, 3.05) is 5.32 Å². The topological polar surface area (TPSA) is 32.3 Å². The Morgan fingerprint density at radius 3 is 2.56 bits per heavy atom. The third kappa shape index (κ3) is 2.77. The molecule has 1 aliphatic carbocycles. The smallest absolute Gasteiger partial charge is 0.391 e. The Balaban J connectivity index is 2.19. The minimum atomic E-state index is -4.34. The minimum Gasteiger partial charge on any atom is -0.391 e. The van der Waals surface area contributed by atoms with Crippen LogP contribution in [0.5, 0.6) is 0 Å². The van der Waals surface area contributed by atoms with Crippen LogP contribution >= 0.6 is 0 Å². The molecule has 0 heterocycles. The molecule has 100 valence electrons. The van der Waals surface area contributed by atoms with Crippen molar-refractivity contribution in [1.29, 1.82) is 0 Å². The summed E-state index contributed by atoms with van der Waals surface area (Å²) in [6.07, 6.45) is -2.42. The molecule has 0 aromatic heterocycles. The largest absolute Gasteiger partial charge is 0.416 e. The fourth-order valence-corrected chi connectivity index (χ4v) is 2.34. The number of alkyl halides is 3. The second-order valence-corrected chi connectivity index (χ2v) is 4.78. The fraction of sp³-hybridized carbons (Fsp3) is 0.538. The van der Waals surface area contributed by atoms with Gasteiger partial charge in [-0.1, -0.05) is 6.07 Å². The Labute approximate surface area is 104 Å². The predicted octanol–water partition coefficient (Wildman–Crippen LogP) is 3.34. The van der Waals surface area contributed by atoms with Crippen molar-refractivity contribution < 1.29 is 18.3 Å². The fourth-order valence-electron chi connectivity index (χ4n) is 2.34. The van der Waals surface area contributed by atoms with E-state index >= 15 is 0 Å². The molecule has 0 radical (unpaired) electrons. The van der Waals surface area contributed by atoms with E-state index in [1.807, 2.05) is 0 Å². The summed E-state index contributed by atoms with van der Waals surface area (Å²) >= 11 is 0. The first-order valence-corrected chi connectivity index (χ1v) is 6.00. The highest BCUT2D eigenvalue weighted by Gasteiger charge is 2.33. The number of rotatable bonds is 2. The minimum absolute atomic E-state index is 0.145. The Morgan fingerprint density at radius 2 is 2.00 bits per heavy atom. The van der Waals surface area contributed by atoms with Crippen molar-refractivity contribution >= 4 is 5.69 Å². The van der Waals surface area contributed by atoms with Crippen molar-refractivity contribution in [3.63, 3.8) is 0 Å². The molecule has 0 bridgehead atoms. The standard InChI is InChI=1S/C13H16F3NO/c1-8-5-6-9(7-10(8)13(14,15)16)17-11-3-2-4-12(11)18/h5-7,11-12,17-18H,2-4H2,1H3. The highest BCUT2D eigenvalue weighted by molar-refractivity contribution is 5.50. The van der Waals surface area contributed by atoms with Crippen LogP contribution in [0.1, 0.15) is 30.4 Å². The molecule has 1 aromatic carbocycles. The lowest BCUT2D eigenvalue weighted by Crippen LogP contribution is -2.28. The SMILES string of the molecule is Cc1ccc(NC2CCCC2O)cc1C(F)(F)F. The molecular weight excluding hydrogens is 243 g/mol. The van der Waals surface area contributed by atoms with E-state index in [9.17, 15) is 18.3 Å². The van der Waals surface area contributed by atoms with Gasteiger partial charge in [-0.3, -0.25) is 0 Å². The van der Waals surface area contributed by atoms with Gasteiger partial charge in [0.1, 0.15) is 0 Å². The summed E-state index contributed by atoms with van der Waals surface area (Å²) in [6.45, 7) is 1.44. The Bertz CT molecular complexity index is 431. The van der Waals surface area contributed by atoms with E-state index in [-0.39, 0.29) is 11.6 Å². The van der Waals surface area contributed by atoms with Crippen molar-refractivity contribution in [2.24, 2.45) is 0 Å². The van der Waals surface area contributed by atoms with Crippen LogP contribution in [0, 0.1) is 6.92 Å². The van der Waals surface area contributed by atoms with Crippen LogP contribution in [-0.2, 0) is 6.18 Å². The number of nitrogens with one attached hydrogen (secondary N) is 1. The van der Waals surface area contributed by atoms with Gasteiger partial charge >= 0.3 is 6.18 Å². The van der Waals surface area contributed by atoms with Crippen LogP contribution < -0.4 is 5.32 Å². The predicted molar refractivity (Wildman–Crippen MR) is 63.4 cm³/mol. The number of hydrogen-bond donors (Lipinski definition) is 2. The third-order valence-corrected chi connectivity index (χ3v) is 3.37. The van der Waals surface area contributed by atoms with Crippen LogP contribution in [0.2, 0.25) is 0 Å². The van der Waals surface area contributed by atoms with Crippen molar-refractivity contribution in [2.45, 2.75) is 44.5 Å². The maximum absolute atomic E-state index is 12.7. The zero-order valence-electron chi connectivity index (χ0n) is 10.1. The number of aryl methyl sites for hydroxylation is 1. The van der Waals surface area contributed by atoms with Crippen molar-refractivity contribution in [3.8, 4) is 0 Å². The molecule has 18 heavy (non-hydrogen) atoms. The van der Waals surface area contributed by atoms with Gasteiger partial charge < -0.3 is 10.4 Å². The van der Waals surface area contributed by atoms with Gasteiger partial charge in [0.2, 0.25) is 0 Å². The molecule has 2 rings (SSSR count). The Hall–Kier alpha value is -1.23. The van der Waals surface area contributed by atoms with Crippen molar-refractivity contribution in [3.05, 3.63) is 29.3 Å². The van der Waals surface area contributed by atoms with Gasteiger partial charge in [-0.2, -0.15) is 13.2 Å². The van der Waals surface area contributed by atoms with E-state index in [2.05, 4.69) is 5.32 Å². The maximum Gasteiger partial charge on any atom is 0.416 e. The quantitative estimate of drug-likeness (QED) is 0.853. The molecule has 0 amide bonds. The van der Waals surface area contributed by atoms with Gasteiger partial charge in [-0.15, -0.1) is 0 Å². The van der Waals surface area contributed by atoms with Gasteiger partial charge in [0.15, 0.2) is 0 Å². The zero-order valence-corrected chi connectivity index (χ0v) is 10.1. The van der Waals surface area contributed by atoms with Gasteiger partial charge in [-0.05, 0) is 43.9 Å². The van der Waals surface area contributed by atoms with Crippen molar-refractivity contribution in [1.82, 2.24) is 0 Å². The lowest BCUT2D eigenvalue weighted by atomic mass is 10.1. The summed E-state index contributed by atoms with van der Waals surface area (Å²) in [4.78, 5) is 0. The molecule has 2 unspecified atom stereocenters. The van der Waals surface area contributed by atoms with Gasteiger partial charge in [0.25, 0.3) is 0 Å². The zero-order chi connectivity index (χ0) is 13.3. The third-order valence-electron chi connectivity index (χ3n) is 3.37. The molecule has 2 nitrogen and oxygen atoms in total. The molecule has 0 spiro atoms. The summed E-state index contributed by atoms with van der Waals surface area (Å²) in [5.74, 6) is 0. The Morgan fingerprint density at radius 1 is 1.28 bits per heavy atom. The van der Waals surface area contributed by atoms with Crippen LogP contribution in [0.4, 0.5) is 18.9 Å². The molecule has 1 saturated carbocycles. The summed E-state index contributed by atoms with van der Waals surface area (Å²) in [5.41, 5.74) is -0.00104. The molecule has 0 aliphatic heterocycles. The summed E-state index contributed by atoms with van der Waals surface area (Å²) in [5, 5.41) is 12.6. The first-order chi connectivity index (χ1) is 8.38. The van der Waals surface area contributed by atoms with Crippen LogP contribution in [0.25, 0.3) is 0 Å². The van der Waals surface area contributed by atoms with E-state index in [0.717, 1.165) is 18.9 Å². The lowest BCUT2D eigenvalue weighted by Gasteiger charge is -2.19. The van der Waals surface area contributed by atoms with E-state index in [1.54, 1.807) is 6.07 Å². The first-order valence-electron chi connectivity index (χ1n) is 6.00. The molecule has 2 N–H and O–H groups in total. The average Bonchev–Trinajstić information content (AvgIpc) is 2.66. The molecule has 1 fully saturated rings. The average molecular weight is 259 g/mol. The van der Waals surface area contributed by atoms with Gasteiger partial charge in [0.05, 0.1) is 17.7 Å². The number of aliphatic hydroxyl groups excluding tert-OH is 1. The second-order valence-electron chi connectivity index (χ2n) is 4.78. The number of aliphatic hydroxyl groups is 1. The van der Waals surface area contributed by atoms with Crippen LogP contribution in [-0.4, -0.2) is 17.3 Å². The molecule has 5 heteroatoms. The van der Waals surface area contributed by atoms with E-state index in [1.165, 1.54) is 13.0 Å². The monoisotopic (exact) mass is 259 g/mol. The number of benzene rings is 1. The van der Waals surface area contributed by atoms with E-state index in [4.69, 9.17) is 0 Å².